The minimum Gasteiger partial charge on any atom is -0.204 e. The normalized spacial score (nSPS) is 13.9. The summed E-state index contributed by atoms with van der Waals surface area (Å²) in [6.45, 7) is 0. The van der Waals surface area contributed by atoms with Gasteiger partial charge in [0.2, 0.25) is 0 Å². The maximum Gasteiger partial charge on any atom is 0.153 e. The van der Waals surface area contributed by atoms with Gasteiger partial charge in [-0.15, -0.1) is 22.7 Å². The first-order chi connectivity index (χ1) is 12.7. The summed E-state index contributed by atoms with van der Waals surface area (Å²) >= 11 is 7.75. The van der Waals surface area contributed by atoms with Crippen LogP contribution >= 0.6 is 34.9 Å². The highest BCUT2D eigenvalue weighted by Crippen LogP contribution is 2.42. The first kappa shape index (κ1) is 17.4. The van der Waals surface area contributed by atoms with E-state index in [4.69, 9.17) is 0 Å². The van der Waals surface area contributed by atoms with Crippen LogP contribution in [0.4, 0.5) is 14.5 Å². The van der Waals surface area contributed by atoms with E-state index in [-0.39, 0.29) is 0 Å². The zero-order chi connectivity index (χ0) is 18.1. The highest BCUT2D eigenvalue weighted by molar-refractivity contribution is 7.78. The number of allylic oxidation sites excluding steroid dienone is 2. The molecule has 130 valence electrons. The molecule has 6 heteroatoms. The van der Waals surface area contributed by atoms with Crippen molar-refractivity contribution in [1.29, 1.82) is 0 Å². The molecule has 0 fully saturated rings. The van der Waals surface area contributed by atoms with Crippen LogP contribution in [-0.4, -0.2) is 5.16 Å². The third-order valence-corrected chi connectivity index (χ3v) is 7.01. The molecule has 0 amide bonds. The summed E-state index contributed by atoms with van der Waals surface area (Å²) in [5, 5.41) is 2.00. The van der Waals surface area contributed by atoms with Gasteiger partial charge in [0.05, 0.1) is 5.16 Å². The molecule has 0 bridgehead atoms. The van der Waals surface area contributed by atoms with E-state index in [9.17, 15) is 8.78 Å². The molecule has 0 saturated carbocycles. The third-order valence-electron chi connectivity index (χ3n) is 4.34. The van der Waals surface area contributed by atoms with Crippen LogP contribution in [0.3, 0.4) is 0 Å². The zero-order valence-electron chi connectivity index (χ0n) is 13.5. The first-order valence-electron chi connectivity index (χ1n) is 8.08. The Hall–Kier alpha value is -1.98. The molecule has 3 aromatic rings. The predicted molar refractivity (Wildman–Crippen MR) is 109 cm³/mol. The molecular weight excluding hydrogens is 388 g/mol. The van der Waals surface area contributed by atoms with Gasteiger partial charge < -0.3 is 0 Å². The summed E-state index contributed by atoms with van der Waals surface area (Å²) in [6, 6.07) is 10.8. The molecule has 0 aliphatic heterocycles. The fraction of sp³-hybridized carbons (Fsp3) is 0.150. The van der Waals surface area contributed by atoms with Crippen molar-refractivity contribution in [2.75, 3.05) is 0 Å². The molecule has 1 aliphatic carbocycles. The van der Waals surface area contributed by atoms with E-state index in [1.807, 2.05) is 17.3 Å². The predicted octanol–water partition coefficient (Wildman–Crippen LogP) is 7.59. The molecule has 1 aliphatic rings. The lowest BCUT2D eigenvalue weighted by Crippen LogP contribution is -1.86. The Morgan fingerprint density at radius 2 is 1.54 bits per heavy atom. The Morgan fingerprint density at radius 1 is 0.923 bits per heavy atom. The molecule has 0 unspecified atom stereocenters. The van der Waals surface area contributed by atoms with Crippen molar-refractivity contribution >= 4 is 45.7 Å². The van der Waals surface area contributed by atoms with Crippen LogP contribution in [0.5, 0.6) is 0 Å². The Bertz CT molecular complexity index is 1010. The van der Waals surface area contributed by atoms with Gasteiger partial charge in [-0.3, -0.25) is 0 Å². The van der Waals surface area contributed by atoms with Crippen LogP contribution in [0.2, 0.25) is 0 Å². The van der Waals surface area contributed by atoms with Crippen LogP contribution < -0.4 is 0 Å². The zero-order valence-corrected chi connectivity index (χ0v) is 16.0. The average molecular weight is 402 g/mol. The molecule has 2 aromatic heterocycles. The molecule has 0 spiro atoms. The lowest BCUT2D eigenvalue weighted by Gasteiger charge is -2.04. The summed E-state index contributed by atoms with van der Waals surface area (Å²) in [4.78, 5) is 7.94. The van der Waals surface area contributed by atoms with Crippen molar-refractivity contribution in [3.63, 3.8) is 0 Å². The first-order valence-corrected chi connectivity index (χ1v) is 10.1. The maximum absolute atomic E-state index is 14.1. The number of thiophene rings is 2. The fourth-order valence-electron chi connectivity index (χ4n) is 3.04. The molecule has 4 rings (SSSR count). The second-order valence-electron chi connectivity index (χ2n) is 6.00. The Balaban J connectivity index is 1.63. The Morgan fingerprint density at radius 3 is 2.23 bits per heavy atom. The molecule has 1 aromatic carbocycles. The smallest absolute Gasteiger partial charge is 0.153 e. The van der Waals surface area contributed by atoms with Crippen LogP contribution in [0.15, 0.2) is 53.5 Å². The second-order valence-corrected chi connectivity index (χ2v) is 8.38. The largest absolute Gasteiger partial charge is 0.204 e. The fourth-order valence-corrected chi connectivity index (χ4v) is 5.35. The molecule has 0 atom stereocenters. The van der Waals surface area contributed by atoms with Crippen molar-refractivity contribution in [3.05, 3.63) is 65.1 Å². The van der Waals surface area contributed by atoms with E-state index >= 15 is 0 Å². The van der Waals surface area contributed by atoms with E-state index in [1.54, 1.807) is 11.3 Å². The maximum atomic E-state index is 14.1. The number of halogens is 2. The summed E-state index contributed by atoms with van der Waals surface area (Å²) in [5.74, 6) is -0.885. The number of thiocarbonyl (C=S) groups is 1. The molecule has 0 radical (unpaired) electrons. The minimum absolute atomic E-state index is 0.395. The summed E-state index contributed by atoms with van der Waals surface area (Å²) in [6.07, 6.45) is 6.66. The highest BCUT2D eigenvalue weighted by atomic mass is 32.1. The van der Waals surface area contributed by atoms with Crippen molar-refractivity contribution < 1.29 is 8.78 Å². The van der Waals surface area contributed by atoms with Crippen molar-refractivity contribution in [2.24, 2.45) is 4.99 Å². The second kappa shape index (κ2) is 7.33. The Labute approximate surface area is 163 Å². The van der Waals surface area contributed by atoms with Gasteiger partial charge >= 0.3 is 0 Å². The number of hydrogen-bond acceptors (Lipinski definition) is 4. The lowest BCUT2D eigenvalue weighted by molar-refractivity contribution is 0.588. The van der Waals surface area contributed by atoms with Crippen molar-refractivity contribution in [1.82, 2.24) is 0 Å². The molecule has 1 nitrogen and oxygen atoms in total. The summed E-state index contributed by atoms with van der Waals surface area (Å²) in [5.41, 5.74) is 0.102. The van der Waals surface area contributed by atoms with E-state index in [2.05, 4.69) is 41.5 Å². The molecule has 26 heavy (non-hydrogen) atoms. The molecule has 0 N–H and O–H groups in total. The van der Waals surface area contributed by atoms with Gasteiger partial charge in [0.1, 0.15) is 5.69 Å². The average Bonchev–Trinajstić information content (AvgIpc) is 3.38. The molecule has 0 saturated heterocycles. The quantitative estimate of drug-likeness (QED) is 0.249. The summed E-state index contributed by atoms with van der Waals surface area (Å²) in [7, 11) is 0. The van der Waals surface area contributed by atoms with E-state index in [1.165, 1.54) is 33.2 Å². The van der Waals surface area contributed by atoms with Crippen LogP contribution in [-0.2, 0) is 0 Å². The monoisotopic (exact) mass is 401 g/mol. The number of isothiocyanates is 1. The number of nitrogens with zero attached hydrogens (tertiary/aromatic N) is 1. The van der Waals surface area contributed by atoms with Gasteiger partial charge in [-0.05, 0) is 67.0 Å². The van der Waals surface area contributed by atoms with Crippen LogP contribution in [0.1, 0.15) is 23.6 Å². The van der Waals surface area contributed by atoms with Crippen molar-refractivity contribution in [3.8, 4) is 20.2 Å². The molecule has 2 heterocycles. The van der Waals surface area contributed by atoms with Gasteiger partial charge in [0.15, 0.2) is 11.6 Å². The summed E-state index contributed by atoms with van der Waals surface area (Å²) < 4.78 is 28.1. The van der Waals surface area contributed by atoms with E-state index < -0.39 is 17.3 Å². The van der Waals surface area contributed by atoms with E-state index in [0.29, 0.717) is 11.5 Å². The standard InChI is InChI=1S/C20H13F2NS3/c21-14-9-13(10-15(22)20(14)23-11-24)17-6-8-19(26-17)18-7-5-16(25-18)12-3-1-2-4-12/h1-2,5-10,12H,3-4H2. The topological polar surface area (TPSA) is 12.4 Å². The lowest BCUT2D eigenvalue weighted by atomic mass is 10.1. The van der Waals surface area contributed by atoms with Gasteiger partial charge in [-0.2, -0.15) is 4.99 Å². The molecular formula is C20H13F2NS3. The van der Waals surface area contributed by atoms with Crippen LogP contribution in [0.25, 0.3) is 20.2 Å². The van der Waals surface area contributed by atoms with Gasteiger partial charge in [-0.1, -0.05) is 12.2 Å². The van der Waals surface area contributed by atoms with E-state index in [0.717, 1.165) is 22.6 Å². The Kier molecular flexibility index (Phi) is 4.92. The van der Waals surface area contributed by atoms with Gasteiger partial charge in [-0.25, -0.2) is 8.78 Å². The highest BCUT2D eigenvalue weighted by Gasteiger charge is 2.17. The number of rotatable bonds is 4. The van der Waals surface area contributed by atoms with Crippen LogP contribution in [0, 0.1) is 11.6 Å². The number of hydrogen-bond donors (Lipinski definition) is 0. The minimum atomic E-state index is -0.737. The van der Waals surface area contributed by atoms with Gasteiger partial charge in [0, 0.05) is 25.4 Å². The van der Waals surface area contributed by atoms with Gasteiger partial charge in [0.25, 0.3) is 0 Å². The third kappa shape index (κ3) is 3.33. The van der Waals surface area contributed by atoms with Crippen molar-refractivity contribution in [2.45, 2.75) is 18.8 Å². The number of aliphatic imine (C=N–C) groups is 1. The number of benzene rings is 1. The SMILES string of the molecule is Fc1cc(-c2ccc(-c3ccc(C4CC=CC4)s3)s2)cc(F)c1N=C=S.